The fourth-order valence-electron chi connectivity index (χ4n) is 2.90. The normalized spacial score (nSPS) is 13.6. The van der Waals surface area contributed by atoms with Gasteiger partial charge in [0.25, 0.3) is 5.91 Å². The Hall–Kier alpha value is -2.69. The van der Waals surface area contributed by atoms with Crippen molar-refractivity contribution in [2.45, 2.75) is 39.8 Å². The van der Waals surface area contributed by atoms with E-state index < -0.39 is 0 Å². The second-order valence-electron chi connectivity index (χ2n) is 6.52. The Balaban J connectivity index is 1.91. The van der Waals surface area contributed by atoms with Crippen molar-refractivity contribution in [3.63, 3.8) is 0 Å². The lowest BCUT2D eigenvalue weighted by Gasteiger charge is -2.18. The summed E-state index contributed by atoms with van der Waals surface area (Å²) < 4.78 is 2.23. The Morgan fingerprint density at radius 1 is 1.20 bits per heavy atom. The first kappa shape index (κ1) is 17.1. The molecule has 5 heteroatoms. The number of rotatable bonds is 6. The zero-order chi connectivity index (χ0) is 17.8. The molecule has 0 radical (unpaired) electrons. The number of hydrogen-bond acceptors (Lipinski definition) is 3. The average molecular weight is 336 g/mol. The summed E-state index contributed by atoms with van der Waals surface area (Å²) in [7, 11) is 0. The van der Waals surface area contributed by atoms with Gasteiger partial charge in [-0.25, -0.2) is 4.98 Å². The van der Waals surface area contributed by atoms with Crippen LogP contribution < -0.4 is 5.32 Å². The first-order valence-corrected chi connectivity index (χ1v) is 8.76. The molecule has 0 bridgehead atoms. The fraction of sp³-hybridized carbons (Fsp3) is 0.350. The smallest absolute Gasteiger partial charge is 0.253 e. The van der Waals surface area contributed by atoms with E-state index in [1.54, 1.807) is 24.5 Å². The van der Waals surface area contributed by atoms with E-state index in [9.17, 15) is 4.79 Å². The van der Waals surface area contributed by atoms with Crippen LogP contribution in [0.2, 0.25) is 0 Å². The maximum absolute atomic E-state index is 12.4. The predicted octanol–water partition coefficient (Wildman–Crippen LogP) is 3.97. The lowest BCUT2D eigenvalue weighted by Crippen LogP contribution is -2.29. The second kappa shape index (κ2) is 7.47. The van der Waals surface area contributed by atoms with Crippen LogP contribution in [0.25, 0.3) is 11.0 Å². The minimum atomic E-state index is -0.191. The van der Waals surface area contributed by atoms with Gasteiger partial charge >= 0.3 is 0 Å². The van der Waals surface area contributed by atoms with Crippen molar-refractivity contribution < 1.29 is 4.79 Å². The maximum atomic E-state index is 12.4. The third kappa shape index (κ3) is 3.71. The van der Waals surface area contributed by atoms with Crippen LogP contribution >= 0.6 is 0 Å². The summed E-state index contributed by atoms with van der Waals surface area (Å²) in [5.74, 6) is 1.29. The molecule has 1 N–H and O–H groups in total. The molecule has 1 amide bonds. The summed E-state index contributed by atoms with van der Waals surface area (Å²) in [6.07, 6.45) is 4.33. The molecule has 0 saturated heterocycles. The molecule has 0 aliphatic rings. The number of hydrogen-bond donors (Lipinski definition) is 1. The SMILES string of the molecule is CCC(C)Cn1c(C(C)NC(=O)c2cccnc2)nc2ccccc21. The Morgan fingerprint density at radius 2 is 2.00 bits per heavy atom. The molecule has 2 aromatic heterocycles. The molecule has 0 saturated carbocycles. The van der Waals surface area contributed by atoms with E-state index in [-0.39, 0.29) is 11.9 Å². The number of carbonyl (C=O) groups is 1. The second-order valence-corrected chi connectivity index (χ2v) is 6.52. The number of pyridine rings is 1. The monoisotopic (exact) mass is 336 g/mol. The number of fused-ring (bicyclic) bond motifs is 1. The molecular weight excluding hydrogens is 312 g/mol. The molecule has 130 valence electrons. The molecule has 3 rings (SSSR count). The topological polar surface area (TPSA) is 59.8 Å². The van der Waals surface area contributed by atoms with Crippen molar-refractivity contribution in [1.82, 2.24) is 19.9 Å². The first-order valence-electron chi connectivity index (χ1n) is 8.76. The zero-order valence-electron chi connectivity index (χ0n) is 14.9. The van der Waals surface area contributed by atoms with Gasteiger partial charge in [0.15, 0.2) is 0 Å². The lowest BCUT2D eigenvalue weighted by molar-refractivity contribution is 0.0937. The molecule has 0 aliphatic carbocycles. The molecule has 5 nitrogen and oxygen atoms in total. The van der Waals surface area contributed by atoms with Crippen molar-refractivity contribution in [2.24, 2.45) is 5.92 Å². The molecule has 0 spiro atoms. The van der Waals surface area contributed by atoms with Crippen molar-refractivity contribution >= 4 is 16.9 Å². The number of amides is 1. The summed E-state index contributed by atoms with van der Waals surface area (Å²) >= 11 is 0. The van der Waals surface area contributed by atoms with E-state index in [4.69, 9.17) is 4.98 Å². The van der Waals surface area contributed by atoms with Gasteiger partial charge in [-0.15, -0.1) is 0 Å². The van der Waals surface area contributed by atoms with Gasteiger partial charge < -0.3 is 9.88 Å². The molecule has 2 heterocycles. The van der Waals surface area contributed by atoms with Crippen LogP contribution in [-0.4, -0.2) is 20.4 Å². The molecule has 25 heavy (non-hydrogen) atoms. The van der Waals surface area contributed by atoms with E-state index >= 15 is 0 Å². The van der Waals surface area contributed by atoms with Gasteiger partial charge in [0.05, 0.1) is 22.6 Å². The Bertz CT molecular complexity index is 857. The van der Waals surface area contributed by atoms with E-state index in [2.05, 4.69) is 34.8 Å². The third-order valence-corrected chi connectivity index (χ3v) is 4.53. The Kier molecular flexibility index (Phi) is 5.12. The van der Waals surface area contributed by atoms with Crippen LogP contribution in [0.15, 0.2) is 48.8 Å². The largest absolute Gasteiger partial charge is 0.342 e. The van der Waals surface area contributed by atoms with E-state index in [0.29, 0.717) is 11.5 Å². The summed E-state index contributed by atoms with van der Waals surface area (Å²) in [6, 6.07) is 11.5. The highest BCUT2D eigenvalue weighted by molar-refractivity contribution is 5.94. The Labute approximate surface area is 148 Å². The van der Waals surface area contributed by atoms with Gasteiger partial charge in [-0.2, -0.15) is 0 Å². The Morgan fingerprint density at radius 3 is 2.72 bits per heavy atom. The molecule has 3 aromatic rings. The van der Waals surface area contributed by atoms with Crippen molar-refractivity contribution in [1.29, 1.82) is 0 Å². The van der Waals surface area contributed by atoms with Gasteiger partial charge in [0.2, 0.25) is 0 Å². The zero-order valence-corrected chi connectivity index (χ0v) is 14.9. The number of nitrogens with one attached hydrogen (secondary N) is 1. The number of nitrogens with zero attached hydrogens (tertiary/aromatic N) is 3. The summed E-state index contributed by atoms with van der Waals surface area (Å²) in [4.78, 5) is 21.2. The molecule has 2 unspecified atom stereocenters. The highest BCUT2D eigenvalue weighted by Crippen LogP contribution is 2.23. The highest BCUT2D eigenvalue weighted by atomic mass is 16.1. The van der Waals surface area contributed by atoms with E-state index in [0.717, 1.165) is 29.8 Å². The maximum Gasteiger partial charge on any atom is 0.253 e. The summed E-state index contributed by atoms with van der Waals surface area (Å²) in [5, 5.41) is 3.04. The minimum Gasteiger partial charge on any atom is -0.342 e. The van der Waals surface area contributed by atoms with Gasteiger partial charge in [-0.05, 0) is 37.1 Å². The van der Waals surface area contributed by atoms with Gasteiger partial charge in [-0.3, -0.25) is 9.78 Å². The van der Waals surface area contributed by atoms with Crippen LogP contribution in [0.3, 0.4) is 0 Å². The first-order chi connectivity index (χ1) is 12.1. The van der Waals surface area contributed by atoms with Gasteiger partial charge in [-0.1, -0.05) is 32.4 Å². The number of aromatic nitrogens is 3. The van der Waals surface area contributed by atoms with Crippen molar-refractivity contribution in [2.75, 3.05) is 0 Å². The van der Waals surface area contributed by atoms with Crippen LogP contribution in [0.5, 0.6) is 0 Å². The van der Waals surface area contributed by atoms with Crippen LogP contribution in [0, 0.1) is 5.92 Å². The molecule has 0 fully saturated rings. The molecule has 0 aliphatic heterocycles. The molecular formula is C20H24N4O. The number of para-hydroxylation sites is 2. The van der Waals surface area contributed by atoms with Crippen molar-refractivity contribution in [3.05, 3.63) is 60.2 Å². The number of benzene rings is 1. The number of carbonyl (C=O) groups excluding carboxylic acids is 1. The van der Waals surface area contributed by atoms with E-state index in [1.807, 2.05) is 25.1 Å². The summed E-state index contributed by atoms with van der Waals surface area (Å²) in [5.41, 5.74) is 2.63. The van der Waals surface area contributed by atoms with Crippen LogP contribution in [0.1, 0.15) is 49.4 Å². The fourth-order valence-corrected chi connectivity index (χ4v) is 2.90. The van der Waals surface area contributed by atoms with Crippen molar-refractivity contribution in [3.8, 4) is 0 Å². The third-order valence-electron chi connectivity index (χ3n) is 4.53. The van der Waals surface area contributed by atoms with Crippen LogP contribution in [0.4, 0.5) is 0 Å². The van der Waals surface area contributed by atoms with Gasteiger partial charge in [0, 0.05) is 18.9 Å². The predicted molar refractivity (Wildman–Crippen MR) is 99.3 cm³/mol. The highest BCUT2D eigenvalue weighted by Gasteiger charge is 2.20. The summed E-state index contributed by atoms with van der Waals surface area (Å²) in [6.45, 7) is 7.29. The van der Waals surface area contributed by atoms with E-state index in [1.165, 1.54) is 0 Å². The molecule has 1 aromatic carbocycles. The number of imidazole rings is 1. The minimum absolute atomic E-state index is 0.136. The standard InChI is InChI=1S/C20H24N4O/c1-4-14(2)13-24-18-10-6-5-9-17(18)23-19(24)15(3)22-20(25)16-8-7-11-21-12-16/h5-12,14-15H,4,13H2,1-3H3,(H,22,25). The van der Waals surface area contributed by atoms with Gasteiger partial charge in [0.1, 0.15) is 5.82 Å². The van der Waals surface area contributed by atoms with Crippen LogP contribution in [-0.2, 0) is 6.54 Å². The molecule has 2 atom stereocenters. The quantitative estimate of drug-likeness (QED) is 0.741. The average Bonchev–Trinajstić information content (AvgIpc) is 3.01. The lowest BCUT2D eigenvalue weighted by atomic mass is 10.1.